The van der Waals surface area contributed by atoms with Crippen LogP contribution in [0.25, 0.3) is 5.65 Å². The van der Waals surface area contributed by atoms with Crippen LogP contribution >= 0.6 is 0 Å². The largest absolute Gasteiger partial charge is 0.432 e. The van der Waals surface area contributed by atoms with Crippen molar-refractivity contribution in [1.29, 1.82) is 0 Å². The Kier molecular flexibility index (Phi) is 9.28. The number of fused-ring (bicyclic) bond motifs is 1. The molecule has 1 unspecified atom stereocenters. The van der Waals surface area contributed by atoms with E-state index in [0.29, 0.717) is 38.6 Å². The summed E-state index contributed by atoms with van der Waals surface area (Å²) in [7, 11) is 0. The number of hydroxylamine groups is 2. The fraction of sp³-hybridized carbons (Fsp3) is 0.556. The van der Waals surface area contributed by atoms with Gasteiger partial charge in [0.15, 0.2) is 0 Å². The minimum absolute atomic E-state index is 0.134. The van der Waals surface area contributed by atoms with Gasteiger partial charge >= 0.3 is 24.4 Å². The number of rotatable bonds is 11. The summed E-state index contributed by atoms with van der Waals surface area (Å²) in [6.45, 7) is 2.40. The molecule has 1 aliphatic carbocycles. The number of aromatic nitrogens is 2. The first-order valence-electron chi connectivity index (χ1n) is 13.6. The normalized spacial score (nSPS) is 21.8. The molecule has 1 saturated heterocycles. The van der Waals surface area contributed by atoms with Crippen molar-refractivity contribution in [3.8, 4) is 0 Å². The lowest BCUT2D eigenvalue weighted by Gasteiger charge is -2.36. The van der Waals surface area contributed by atoms with E-state index >= 15 is 0 Å². The molecule has 1 aliphatic heterocycles. The van der Waals surface area contributed by atoms with Gasteiger partial charge in [0.05, 0.1) is 19.0 Å². The number of quaternary nitrogens is 1. The Morgan fingerprint density at radius 2 is 2.00 bits per heavy atom. The maximum atomic E-state index is 14.1. The predicted octanol–water partition coefficient (Wildman–Crippen LogP) is 2.56. The molecule has 12 heteroatoms. The maximum absolute atomic E-state index is 14.1. The number of carbonyl (C=O) groups is 5. The van der Waals surface area contributed by atoms with Crippen molar-refractivity contribution < 1.29 is 33.3 Å². The number of pyridine rings is 1. The lowest BCUT2D eigenvalue weighted by molar-refractivity contribution is -0.786. The Balaban J connectivity index is 1.43. The summed E-state index contributed by atoms with van der Waals surface area (Å²) in [5.41, 5.74) is 1.82. The molecule has 0 spiro atoms. The highest BCUT2D eigenvalue weighted by Crippen LogP contribution is 2.35. The topological polar surface area (TPSA) is 139 Å². The van der Waals surface area contributed by atoms with E-state index in [9.17, 15) is 24.0 Å². The Bertz CT molecular complexity index is 1190. The maximum Gasteiger partial charge on any atom is 0.432 e. The molecular formula is C27H37N6O6+. The average Bonchev–Trinajstić information content (AvgIpc) is 3.69. The van der Waals surface area contributed by atoms with Crippen LogP contribution in [-0.2, 0) is 25.6 Å². The number of likely N-dealkylation sites (tertiary alicyclic amines) is 1. The van der Waals surface area contributed by atoms with Crippen molar-refractivity contribution in [1.82, 2.24) is 25.1 Å². The zero-order valence-corrected chi connectivity index (χ0v) is 22.3. The quantitative estimate of drug-likeness (QED) is 0.253. The van der Waals surface area contributed by atoms with Gasteiger partial charge in [-0.15, -0.1) is 0 Å². The van der Waals surface area contributed by atoms with Crippen molar-refractivity contribution in [3.05, 3.63) is 36.3 Å². The average molecular weight is 542 g/mol. The van der Waals surface area contributed by atoms with Crippen LogP contribution in [0, 0.1) is 11.8 Å². The second-order valence-electron chi connectivity index (χ2n) is 10.6. The second-order valence-corrected chi connectivity index (χ2v) is 10.6. The summed E-state index contributed by atoms with van der Waals surface area (Å²) in [6, 6.07) is 2.14. The summed E-state index contributed by atoms with van der Waals surface area (Å²) >= 11 is 0. The summed E-state index contributed by atoms with van der Waals surface area (Å²) in [4.78, 5) is 71.7. The number of imide groups is 2. The van der Waals surface area contributed by atoms with E-state index in [-0.39, 0.29) is 37.4 Å². The number of amides is 6. The number of carbonyl (C=O) groups excluding carboxylic acids is 5. The molecular weight excluding hydrogens is 504 g/mol. The fourth-order valence-electron chi connectivity index (χ4n) is 6.09. The van der Waals surface area contributed by atoms with E-state index in [4.69, 9.17) is 4.84 Å². The van der Waals surface area contributed by atoms with Crippen molar-refractivity contribution >= 4 is 36.5 Å². The zero-order chi connectivity index (χ0) is 27.8. The van der Waals surface area contributed by atoms with Crippen molar-refractivity contribution in [2.75, 3.05) is 19.6 Å². The van der Waals surface area contributed by atoms with Gasteiger partial charge < -0.3 is 14.6 Å². The van der Waals surface area contributed by atoms with E-state index in [0.717, 1.165) is 42.0 Å². The highest BCUT2D eigenvalue weighted by Gasteiger charge is 2.55. The number of hydrogen-bond acceptors (Lipinski definition) is 7. The molecule has 3 atom stereocenters. The first kappa shape index (κ1) is 28.2. The molecule has 2 aliphatic rings. The van der Waals surface area contributed by atoms with E-state index in [1.54, 1.807) is 6.20 Å². The molecule has 6 amide bonds. The number of nitrogens with zero attached hydrogens (tertiary/aromatic N) is 4. The van der Waals surface area contributed by atoms with Gasteiger partial charge in [0.1, 0.15) is 11.7 Å². The highest BCUT2D eigenvalue weighted by molar-refractivity contribution is 5.95. The minimum atomic E-state index is -0.717. The fourth-order valence-corrected chi connectivity index (χ4v) is 6.09. The van der Waals surface area contributed by atoms with Gasteiger partial charge in [-0.2, -0.15) is 9.55 Å². The summed E-state index contributed by atoms with van der Waals surface area (Å²) in [5.74, 6) is -0.785. The van der Waals surface area contributed by atoms with E-state index < -0.39 is 22.5 Å². The van der Waals surface area contributed by atoms with Gasteiger partial charge in [-0.05, 0) is 37.3 Å². The SMILES string of the molecule is C[C@@H]1CCC[N+]1(C(=O)NC(=O)NCCc1ccc2nccn2c1)C(=O)[C@H](CC1CCCC1)CN(C=O)OC=O. The van der Waals surface area contributed by atoms with Crippen LogP contribution in [0.15, 0.2) is 30.7 Å². The van der Waals surface area contributed by atoms with Crippen LogP contribution in [0.2, 0.25) is 0 Å². The minimum Gasteiger partial charge on any atom is -0.342 e. The molecule has 39 heavy (non-hydrogen) atoms. The molecule has 4 rings (SSSR count). The van der Waals surface area contributed by atoms with Gasteiger partial charge in [0.2, 0.25) is 6.41 Å². The smallest absolute Gasteiger partial charge is 0.342 e. The number of nitrogens with one attached hydrogen (secondary N) is 2. The number of imidazole rings is 1. The van der Waals surface area contributed by atoms with E-state index in [2.05, 4.69) is 15.6 Å². The van der Waals surface area contributed by atoms with Crippen LogP contribution in [-0.4, -0.2) is 75.5 Å². The predicted molar refractivity (Wildman–Crippen MR) is 140 cm³/mol. The van der Waals surface area contributed by atoms with Crippen LogP contribution < -0.4 is 10.6 Å². The van der Waals surface area contributed by atoms with Crippen LogP contribution in [0.5, 0.6) is 0 Å². The third-order valence-electron chi connectivity index (χ3n) is 8.15. The van der Waals surface area contributed by atoms with Gasteiger partial charge in [0, 0.05) is 38.0 Å². The molecule has 2 N–H and O–H groups in total. The summed E-state index contributed by atoms with van der Waals surface area (Å²) in [5, 5.41) is 5.92. The van der Waals surface area contributed by atoms with Crippen LogP contribution in [0.4, 0.5) is 9.59 Å². The Morgan fingerprint density at radius 3 is 2.69 bits per heavy atom. The first-order chi connectivity index (χ1) is 18.9. The summed E-state index contributed by atoms with van der Waals surface area (Å²) in [6.07, 6.45) is 12.3. The van der Waals surface area contributed by atoms with Crippen molar-refractivity contribution in [2.24, 2.45) is 11.8 Å². The zero-order valence-electron chi connectivity index (χ0n) is 22.3. The molecule has 3 heterocycles. The standard InChI is InChI=1S/C27H36N6O6/c1-20-5-4-14-33(20,25(36)23(15-21-6-2-3-7-21)17-32(18-34)39-19-35)27(38)30-26(37)29-11-10-22-8-9-24-28-12-13-31(24)16-22/h8-9,12-13,16,18-21,23H,2-7,10-11,14-15,17H2,1H3,(H-,29,30,37,38)/p+1/t20-,23-,33?/m1/s1. The van der Waals surface area contributed by atoms with Gasteiger partial charge in [-0.3, -0.25) is 9.59 Å². The third-order valence-corrected chi connectivity index (χ3v) is 8.15. The molecule has 210 valence electrons. The van der Waals surface area contributed by atoms with Crippen molar-refractivity contribution in [2.45, 2.75) is 64.3 Å². The monoisotopic (exact) mass is 541 g/mol. The third kappa shape index (κ3) is 6.44. The number of hydrogen-bond donors (Lipinski definition) is 2. The Hall–Kier alpha value is -3.80. The molecule has 0 aromatic carbocycles. The van der Waals surface area contributed by atoms with Gasteiger partial charge in [-0.25, -0.2) is 24.7 Å². The molecule has 0 bridgehead atoms. The number of urea groups is 2. The summed E-state index contributed by atoms with van der Waals surface area (Å²) < 4.78 is 1.37. The first-order valence-corrected chi connectivity index (χ1v) is 13.6. The Morgan fingerprint density at radius 1 is 1.21 bits per heavy atom. The van der Waals surface area contributed by atoms with Crippen molar-refractivity contribution in [3.63, 3.8) is 0 Å². The molecule has 1 saturated carbocycles. The molecule has 12 nitrogen and oxygen atoms in total. The molecule has 0 radical (unpaired) electrons. The van der Waals surface area contributed by atoms with Crippen LogP contribution in [0.1, 0.15) is 57.4 Å². The highest BCUT2D eigenvalue weighted by atomic mass is 16.7. The van der Waals surface area contributed by atoms with Gasteiger partial charge in [-0.1, -0.05) is 31.7 Å². The van der Waals surface area contributed by atoms with Crippen LogP contribution in [0.3, 0.4) is 0 Å². The lowest BCUT2D eigenvalue weighted by Crippen LogP contribution is -2.66. The van der Waals surface area contributed by atoms with E-state index in [1.807, 2.05) is 35.9 Å². The van der Waals surface area contributed by atoms with Gasteiger partial charge in [0.25, 0.3) is 0 Å². The molecule has 2 aromatic heterocycles. The van der Waals surface area contributed by atoms with E-state index in [1.165, 1.54) is 0 Å². The lowest BCUT2D eigenvalue weighted by atomic mass is 9.91. The molecule has 2 aromatic rings. The second kappa shape index (κ2) is 12.8. The Labute approximate surface area is 227 Å². The molecule has 2 fully saturated rings.